The summed E-state index contributed by atoms with van der Waals surface area (Å²) in [4.78, 5) is 9.15. The van der Waals surface area contributed by atoms with Crippen molar-refractivity contribution < 1.29 is 0 Å². The second kappa shape index (κ2) is 5.06. The normalized spacial score (nSPS) is 12.8. The highest BCUT2D eigenvalue weighted by Gasteiger charge is 2.14. The minimum absolute atomic E-state index is 0.134. The predicted molar refractivity (Wildman–Crippen MR) is 80.3 cm³/mol. The van der Waals surface area contributed by atoms with Gasteiger partial charge in [-0.2, -0.15) is 0 Å². The van der Waals surface area contributed by atoms with E-state index in [1.54, 1.807) is 0 Å². The lowest BCUT2D eigenvalue weighted by molar-refractivity contribution is 0.646. The molecule has 0 spiro atoms. The third-order valence-electron chi connectivity index (χ3n) is 3.57. The summed E-state index contributed by atoms with van der Waals surface area (Å²) in [5.41, 5.74) is 10.3. The van der Waals surface area contributed by atoms with E-state index in [-0.39, 0.29) is 6.04 Å². The Morgan fingerprint density at radius 1 is 1.10 bits per heavy atom. The van der Waals surface area contributed by atoms with Crippen LogP contribution < -0.4 is 5.73 Å². The molecule has 4 nitrogen and oxygen atoms in total. The minimum Gasteiger partial charge on any atom is -0.331 e. The van der Waals surface area contributed by atoms with Crippen LogP contribution in [0.3, 0.4) is 0 Å². The number of fused-ring (bicyclic) bond motifs is 1. The van der Waals surface area contributed by atoms with Gasteiger partial charge in [0.15, 0.2) is 0 Å². The first kappa shape index (κ1) is 12.8. The average molecular weight is 266 g/mol. The van der Waals surface area contributed by atoms with E-state index in [1.165, 1.54) is 0 Å². The summed E-state index contributed by atoms with van der Waals surface area (Å²) in [6.45, 7) is 1.98. The van der Waals surface area contributed by atoms with Gasteiger partial charge < -0.3 is 10.3 Å². The zero-order valence-corrected chi connectivity index (χ0v) is 11.7. The second-order valence-electron chi connectivity index (χ2n) is 5.09. The molecule has 0 fully saturated rings. The summed E-state index contributed by atoms with van der Waals surface area (Å²) >= 11 is 0. The van der Waals surface area contributed by atoms with Gasteiger partial charge in [0.05, 0.1) is 22.8 Å². The molecule has 3 aromatic rings. The van der Waals surface area contributed by atoms with Gasteiger partial charge in [-0.3, -0.25) is 4.98 Å². The number of aromatic nitrogens is 3. The minimum atomic E-state index is -0.134. The summed E-state index contributed by atoms with van der Waals surface area (Å²) in [5.74, 6) is 0.988. The second-order valence-corrected chi connectivity index (χ2v) is 5.09. The molecule has 0 radical (unpaired) electrons. The van der Waals surface area contributed by atoms with Crippen LogP contribution in [0.4, 0.5) is 0 Å². The lowest BCUT2D eigenvalue weighted by Gasteiger charge is -2.11. The molecule has 0 aliphatic heterocycles. The Bertz CT molecular complexity index is 745. The molecule has 1 unspecified atom stereocenters. The molecule has 1 atom stereocenters. The number of para-hydroxylation sites is 2. The van der Waals surface area contributed by atoms with E-state index < -0.39 is 0 Å². The maximum atomic E-state index is 6.27. The zero-order chi connectivity index (χ0) is 14.1. The lowest BCUT2D eigenvalue weighted by Crippen LogP contribution is -2.17. The van der Waals surface area contributed by atoms with E-state index in [4.69, 9.17) is 5.73 Å². The van der Waals surface area contributed by atoms with E-state index in [0.29, 0.717) is 6.42 Å². The van der Waals surface area contributed by atoms with E-state index in [9.17, 15) is 0 Å². The first-order chi connectivity index (χ1) is 9.65. The molecule has 0 bridgehead atoms. The number of hydrogen-bond acceptors (Lipinski definition) is 3. The molecular weight excluding hydrogens is 248 g/mol. The van der Waals surface area contributed by atoms with Crippen molar-refractivity contribution in [2.45, 2.75) is 19.4 Å². The topological polar surface area (TPSA) is 56.7 Å². The fourth-order valence-electron chi connectivity index (χ4n) is 2.45. The van der Waals surface area contributed by atoms with Gasteiger partial charge in [0.1, 0.15) is 5.82 Å². The van der Waals surface area contributed by atoms with Crippen molar-refractivity contribution in [2.24, 2.45) is 12.8 Å². The van der Waals surface area contributed by atoms with Crippen LogP contribution >= 0.6 is 0 Å². The smallest absolute Gasteiger partial charge is 0.111 e. The summed E-state index contributed by atoms with van der Waals surface area (Å²) in [6, 6.07) is 13.9. The average Bonchev–Trinajstić information content (AvgIpc) is 2.76. The summed E-state index contributed by atoms with van der Waals surface area (Å²) < 4.78 is 2.10. The number of pyridine rings is 1. The van der Waals surface area contributed by atoms with Crippen LogP contribution in [-0.2, 0) is 13.5 Å². The van der Waals surface area contributed by atoms with Gasteiger partial charge in [0, 0.05) is 19.2 Å². The molecular formula is C16H18N4. The number of aryl methyl sites for hydroxylation is 2. The molecule has 0 saturated carbocycles. The molecule has 2 aromatic heterocycles. The van der Waals surface area contributed by atoms with Crippen molar-refractivity contribution in [3.63, 3.8) is 0 Å². The van der Waals surface area contributed by atoms with Crippen LogP contribution in [0.15, 0.2) is 42.5 Å². The molecule has 4 heteroatoms. The molecule has 0 saturated heterocycles. The molecule has 3 rings (SSSR count). The van der Waals surface area contributed by atoms with Crippen molar-refractivity contribution in [1.82, 2.24) is 14.5 Å². The Balaban J connectivity index is 1.91. The molecule has 2 N–H and O–H groups in total. The Labute approximate surface area is 118 Å². The molecule has 0 aliphatic carbocycles. The number of nitrogens with zero attached hydrogens (tertiary/aromatic N) is 3. The largest absolute Gasteiger partial charge is 0.331 e. The Morgan fingerprint density at radius 3 is 2.65 bits per heavy atom. The first-order valence-electron chi connectivity index (χ1n) is 6.74. The number of nitrogens with two attached hydrogens (primary N) is 1. The molecule has 102 valence electrons. The number of imidazole rings is 1. The van der Waals surface area contributed by atoms with E-state index in [1.807, 2.05) is 50.4 Å². The highest BCUT2D eigenvalue weighted by atomic mass is 15.1. The van der Waals surface area contributed by atoms with Gasteiger partial charge in [-0.15, -0.1) is 0 Å². The van der Waals surface area contributed by atoms with Crippen LogP contribution in [0.5, 0.6) is 0 Å². The van der Waals surface area contributed by atoms with Gasteiger partial charge in [-0.1, -0.05) is 18.2 Å². The van der Waals surface area contributed by atoms with Gasteiger partial charge in [-0.05, 0) is 31.2 Å². The zero-order valence-electron chi connectivity index (χ0n) is 11.7. The molecule has 0 aliphatic rings. The van der Waals surface area contributed by atoms with Crippen molar-refractivity contribution in [1.29, 1.82) is 0 Å². The fourth-order valence-corrected chi connectivity index (χ4v) is 2.45. The number of benzene rings is 1. The van der Waals surface area contributed by atoms with Gasteiger partial charge >= 0.3 is 0 Å². The Hall–Kier alpha value is -2.20. The van der Waals surface area contributed by atoms with Crippen molar-refractivity contribution in [3.05, 3.63) is 59.7 Å². The monoisotopic (exact) mass is 266 g/mol. The third-order valence-corrected chi connectivity index (χ3v) is 3.57. The Kier molecular flexibility index (Phi) is 3.24. The highest BCUT2D eigenvalue weighted by Crippen LogP contribution is 2.19. The maximum absolute atomic E-state index is 6.27. The van der Waals surface area contributed by atoms with Crippen molar-refractivity contribution in [3.8, 4) is 0 Å². The quantitative estimate of drug-likeness (QED) is 0.792. The van der Waals surface area contributed by atoms with Crippen LogP contribution in [0, 0.1) is 6.92 Å². The molecule has 2 heterocycles. The summed E-state index contributed by atoms with van der Waals surface area (Å²) in [5, 5.41) is 0. The fraction of sp³-hybridized carbons (Fsp3) is 0.250. The van der Waals surface area contributed by atoms with Gasteiger partial charge in [-0.25, -0.2) is 4.98 Å². The van der Waals surface area contributed by atoms with Crippen LogP contribution in [-0.4, -0.2) is 14.5 Å². The van der Waals surface area contributed by atoms with Crippen LogP contribution in [0.1, 0.15) is 23.3 Å². The van der Waals surface area contributed by atoms with Crippen LogP contribution in [0.2, 0.25) is 0 Å². The van der Waals surface area contributed by atoms with E-state index in [0.717, 1.165) is 28.2 Å². The van der Waals surface area contributed by atoms with Gasteiger partial charge in [0.25, 0.3) is 0 Å². The third kappa shape index (κ3) is 2.30. The first-order valence-corrected chi connectivity index (χ1v) is 6.74. The lowest BCUT2D eigenvalue weighted by atomic mass is 10.1. The van der Waals surface area contributed by atoms with E-state index in [2.05, 4.69) is 20.6 Å². The maximum Gasteiger partial charge on any atom is 0.111 e. The molecule has 1 aromatic carbocycles. The Morgan fingerprint density at radius 2 is 1.90 bits per heavy atom. The van der Waals surface area contributed by atoms with Crippen molar-refractivity contribution in [2.75, 3.05) is 0 Å². The predicted octanol–water partition coefficient (Wildman–Crippen LogP) is 2.52. The van der Waals surface area contributed by atoms with Crippen LogP contribution in [0.25, 0.3) is 11.0 Å². The highest BCUT2D eigenvalue weighted by molar-refractivity contribution is 5.75. The van der Waals surface area contributed by atoms with Crippen molar-refractivity contribution >= 4 is 11.0 Å². The summed E-state index contributed by atoms with van der Waals surface area (Å²) in [6.07, 6.45) is 0.682. The molecule has 20 heavy (non-hydrogen) atoms. The number of hydrogen-bond donors (Lipinski definition) is 1. The SMILES string of the molecule is Cc1cccc(C(N)Cc2nc3ccccc3n2C)n1. The standard InChI is InChI=1S/C16H18N4/c1-11-6-5-8-13(18-11)12(17)10-16-19-14-7-3-4-9-15(14)20(16)2/h3-9,12H,10,17H2,1-2H3. The number of rotatable bonds is 3. The molecule has 0 amide bonds. The van der Waals surface area contributed by atoms with Gasteiger partial charge in [0.2, 0.25) is 0 Å². The summed E-state index contributed by atoms with van der Waals surface area (Å²) in [7, 11) is 2.03. The van der Waals surface area contributed by atoms with E-state index >= 15 is 0 Å².